The molecule has 3 nitrogen and oxygen atoms in total. The van der Waals surface area contributed by atoms with Gasteiger partial charge in [-0.15, -0.1) is 0 Å². The summed E-state index contributed by atoms with van der Waals surface area (Å²) in [6, 6.07) is 8.69. The van der Waals surface area contributed by atoms with Crippen LogP contribution in [0.15, 0.2) is 30.5 Å². The van der Waals surface area contributed by atoms with Crippen molar-refractivity contribution in [2.45, 2.75) is 91.8 Å². The molecule has 0 saturated heterocycles. The van der Waals surface area contributed by atoms with Crippen LogP contribution in [0, 0.1) is 5.92 Å². The molecule has 1 fully saturated rings. The topological polar surface area (TPSA) is 31.4 Å². The molecule has 0 radical (unpaired) electrons. The first kappa shape index (κ1) is 22.8. The fourth-order valence-corrected chi connectivity index (χ4v) is 4.55. The van der Waals surface area contributed by atoms with Gasteiger partial charge < -0.3 is 9.47 Å². The summed E-state index contributed by atoms with van der Waals surface area (Å²) in [6.45, 7) is 9.96. The quantitative estimate of drug-likeness (QED) is 0.391. The predicted molar refractivity (Wildman–Crippen MR) is 125 cm³/mol. The predicted octanol–water partition coefficient (Wildman–Crippen LogP) is 7.15. The highest BCUT2D eigenvalue weighted by molar-refractivity contribution is 5.69. The van der Waals surface area contributed by atoms with Gasteiger partial charge in [0, 0.05) is 30.0 Å². The van der Waals surface area contributed by atoms with Crippen molar-refractivity contribution in [2.24, 2.45) is 5.92 Å². The monoisotopic (exact) mass is 409 g/mol. The minimum absolute atomic E-state index is 0.119. The lowest BCUT2D eigenvalue weighted by Crippen LogP contribution is -2.11. The number of hydrogen-bond acceptors (Lipinski definition) is 3. The zero-order chi connectivity index (χ0) is 21.3. The zero-order valence-electron chi connectivity index (χ0n) is 19.4. The van der Waals surface area contributed by atoms with Crippen molar-refractivity contribution in [3.63, 3.8) is 0 Å². The Morgan fingerprint density at radius 2 is 1.70 bits per heavy atom. The van der Waals surface area contributed by atoms with E-state index in [0.29, 0.717) is 6.61 Å². The summed E-state index contributed by atoms with van der Waals surface area (Å²) in [5.41, 5.74) is 6.00. The van der Waals surface area contributed by atoms with Crippen molar-refractivity contribution < 1.29 is 9.47 Å². The van der Waals surface area contributed by atoms with Gasteiger partial charge in [0.2, 0.25) is 0 Å². The van der Waals surface area contributed by atoms with Crippen LogP contribution in [0.25, 0.3) is 11.3 Å². The molecule has 1 aromatic heterocycles. The third kappa shape index (κ3) is 6.07. The fourth-order valence-electron chi connectivity index (χ4n) is 4.55. The highest BCUT2D eigenvalue weighted by atomic mass is 16.5. The first-order valence-corrected chi connectivity index (χ1v) is 12.0. The number of nitrogens with zero attached hydrogens (tertiary/aromatic N) is 1. The van der Waals surface area contributed by atoms with Gasteiger partial charge in [-0.2, -0.15) is 0 Å². The average Bonchev–Trinajstić information content (AvgIpc) is 2.77. The van der Waals surface area contributed by atoms with Gasteiger partial charge in [0.15, 0.2) is 0 Å². The van der Waals surface area contributed by atoms with Crippen LogP contribution in [0.1, 0.15) is 82.9 Å². The molecule has 3 heteroatoms. The van der Waals surface area contributed by atoms with E-state index in [1.54, 1.807) is 0 Å². The Kier molecular flexibility index (Phi) is 8.74. The Balaban J connectivity index is 1.75. The van der Waals surface area contributed by atoms with E-state index in [0.717, 1.165) is 42.4 Å². The van der Waals surface area contributed by atoms with E-state index in [4.69, 9.17) is 14.5 Å². The Hall–Kier alpha value is -1.87. The van der Waals surface area contributed by atoms with Crippen molar-refractivity contribution in [2.75, 3.05) is 6.61 Å². The summed E-state index contributed by atoms with van der Waals surface area (Å²) in [5, 5.41) is 0. The van der Waals surface area contributed by atoms with Gasteiger partial charge in [0.1, 0.15) is 5.75 Å². The molecule has 3 rings (SSSR count). The number of hydrogen-bond donors (Lipinski definition) is 0. The third-order valence-electron chi connectivity index (χ3n) is 6.21. The summed E-state index contributed by atoms with van der Waals surface area (Å²) < 4.78 is 12.2. The van der Waals surface area contributed by atoms with Gasteiger partial charge in [-0.25, -0.2) is 0 Å². The molecule has 2 aromatic rings. The second kappa shape index (κ2) is 11.5. The number of rotatable bonds is 10. The SMILES string of the molecule is CCc1cccc(CC)c1-c1cc(OC(C)C)c(COCCC2CCCCC2)cn1. The lowest BCUT2D eigenvalue weighted by Gasteiger charge is -2.21. The van der Waals surface area contributed by atoms with Gasteiger partial charge in [-0.1, -0.05) is 64.2 Å². The minimum Gasteiger partial charge on any atom is -0.490 e. The molecule has 0 spiro atoms. The molecule has 0 unspecified atom stereocenters. The zero-order valence-corrected chi connectivity index (χ0v) is 19.4. The Morgan fingerprint density at radius 1 is 1.00 bits per heavy atom. The van der Waals surface area contributed by atoms with Gasteiger partial charge in [0.25, 0.3) is 0 Å². The highest BCUT2D eigenvalue weighted by Gasteiger charge is 2.16. The lowest BCUT2D eigenvalue weighted by atomic mass is 9.87. The molecule has 0 N–H and O–H groups in total. The third-order valence-corrected chi connectivity index (χ3v) is 6.21. The molecular formula is C27H39NO2. The summed E-state index contributed by atoms with van der Waals surface area (Å²) >= 11 is 0. The average molecular weight is 410 g/mol. The highest BCUT2D eigenvalue weighted by Crippen LogP contribution is 2.32. The molecule has 0 amide bonds. The molecule has 1 saturated carbocycles. The minimum atomic E-state index is 0.119. The van der Waals surface area contributed by atoms with Crippen molar-refractivity contribution >= 4 is 0 Å². The normalized spacial score (nSPS) is 15.0. The van der Waals surface area contributed by atoms with Crippen LogP contribution in [0.5, 0.6) is 5.75 Å². The number of pyridine rings is 1. The van der Waals surface area contributed by atoms with Gasteiger partial charge >= 0.3 is 0 Å². The summed E-state index contributed by atoms with van der Waals surface area (Å²) in [4.78, 5) is 4.84. The van der Waals surface area contributed by atoms with Crippen molar-refractivity contribution in [3.8, 4) is 17.0 Å². The summed E-state index contributed by atoms with van der Waals surface area (Å²) in [6.07, 6.45) is 12.2. The molecule has 1 heterocycles. The van der Waals surface area contributed by atoms with Crippen LogP contribution in [0.3, 0.4) is 0 Å². The molecule has 1 aliphatic rings. The van der Waals surface area contributed by atoms with Gasteiger partial charge in [-0.05, 0) is 50.2 Å². The van der Waals surface area contributed by atoms with Crippen LogP contribution in [0.4, 0.5) is 0 Å². The maximum atomic E-state index is 6.18. The Morgan fingerprint density at radius 3 is 2.33 bits per heavy atom. The molecule has 30 heavy (non-hydrogen) atoms. The standard InChI is InChI=1S/C27H39NO2/c1-5-22-13-10-14-23(6-2)27(22)25-17-26(30-20(3)4)24(18-28-25)19-29-16-15-21-11-8-7-9-12-21/h10,13-14,17-18,20-21H,5-9,11-12,15-16,19H2,1-4H3. The smallest absolute Gasteiger partial charge is 0.128 e. The fraction of sp³-hybridized carbons (Fsp3) is 0.593. The molecule has 164 valence electrons. The number of benzene rings is 1. The lowest BCUT2D eigenvalue weighted by molar-refractivity contribution is 0.0983. The number of aryl methyl sites for hydroxylation is 2. The molecule has 0 bridgehead atoms. The molecule has 1 aromatic carbocycles. The molecule has 1 aliphatic carbocycles. The molecular weight excluding hydrogens is 370 g/mol. The van der Waals surface area contributed by atoms with E-state index < -0.39 is 0 Å². The second-order valence-electron chi connectivity index (χ2n) is 8.85. The number of ether oxygens (including phenoxy) is 2. The van der Waals surface area contributed by atoms with Gasteiger partial charge in [0.05, 0.1) is 18.4 Å². The van der Waals surface area contributed by atoms with E-state index in [2.05, 4.69) is 52.0 Å². The van der Waals surface area contributed by atoms with E-state index in [1.807, 2.05) is 6.20 Å². The maximum absolute atomic E-state index is 6.18. The first-order valence-electron chi connectivity index (χ1n) is 12.0. The summed E-state index contributed by atoms with van der Waals surface area (Å²) in [7, 11) is 0. The Bertz CT molecular complexity index is 771. The van der Waals surface area contributed by atoms with Crippen LogP contribution < -0.4 is 4.74 Å². The van der Waals surface area contributed by atoms with E-state index in [9.17, 15) is 0 Å². The van der Waals surface area contributed by atoms with Crippen molar-refractivity contribution in [1.82, 2.24) is 4.98 Å². The number of aromatic nitrogens is 1. The van der Waals surface area contributed by atoms with E-state index in [1.165, 1.54) is 55.2 Å². The van der Waals surface area contributed by atoms with Crippen molar-refractivity contribution in [1.29, 1.82) is 0 Å². The Labute approximate surface area is 183 Å². The van der Waals surface area contributed by atoms with Crippen molar-refractivity contribution in [3.05, 3.63) is 47.2 Å². The van der Waals surface area contributed by atoms with Crippen LogP contribution in [-0.4, -0.2) is 17.7 Å². The van der Waals surface area contributed by atoms with E-state index >= 15 is 0 Å². The maximum Gasteiger partial charge on any atom is 0.128 e. The molecule has 0 aliphatic heterocycles. The first-order chi connectivity index (χ1) is 14.6. The molecule has 0 atom stereocenters. The summed E-state index contributed by atoms with van der Waals surface area (Å²) in [5.74, 6) is 1.75. The van der Waals surface area contributed by atoms with Crippen LogP contribution in [-0.2, 0) is 24.2 Å². The van der Waals surface area contributed by atoms with Crippen LogP contribution >= 0.6 is 0 Å². The second-order valence-corrected chi connectivity index (χ2v) is 8.85. The van der Waals surface area contributed by atoms with Gasteiger partial charge in [-0.3, -0.25) is 4.98 Å². The van der Waals surface area contributed by atoms with Crippen LogP contribution in [0.2, 0.25) is 0 Å². The van der Waals surface area contributed by atoms with E-state index in [-0.39, 0.29) is 6.10 Å². The largest absolute Gasteiger partial charge is 0.490 e.